The Morgan fingerprint density at radius 2 is 2.14 bits per heavy atom. The number of benzene rings is 1. The van der Waals surface area contributed by atoms with Gasteiger partial charge in [0, 0.05) is 6.04 Å². The zero-order valence-electron chi connectivity index (χ0n) is 8.25. The highest BCUT2D eigenvalue weighted by Crippen LogP contribution is 2.36. The number of hydrogen-bond acceptors (Lipinski definition) is 2. The van der Waals surface area contributed by atoms with Crippen molar-refractivity contribution in [1.29, 1.82) is 0 Å². The Hall–Kier alpha value is -1.02. The molecule has 1 heterocycles. The largest absolute Gasteiger partial charge is 0.493 e. The first-order valence-corrected chi connectivity index (χ1v) is 5.38. The third kappa shape index (κ3) is 1.14. The van der Waals surface area contributed by atoms with E-state index in [1.165, 1.54) is 16.7 Å². The SMILES string of the molecule is NC1CCc2cc3c(cc21)OCCC3. The van der Waals surface area contributed by atoms with Crippen molar-refractivity contribution in [2.24, 2.45) is 5.73 Å². The molecule has 2 nitrogen and oxygen atoms in total. The quantitative estimate of drug-likeness (QED) is 0.677. The van der Waals surface area contributed by atoms with Gasteiger partial charge < -0.3 is 10.5 Å². The average molecular weight is 189 g/mol. The molecule has 0 fully saturated rings. The summed E-state index contributed by atoms with van der Waals surface area (Å²) in [7, 11) is 0. The molecule has 1 aromatic rings. The van der Waals surface area contributed by atoms with Gasteiger partial charge in [-0.15, -0.1) is 0 Å². The molecule has 2 aliphatic rings. The molecule has 2 heteroatoms. The fourth-order valence-corrected chi connectivity index (χ4v) is 2.49. The molecule has 1 aliphatic carbocycles. The fourth-order valence-electron chi connectivity index (χ4n) is 2.49. The Morgan fingerprint density at radius 3 is 3.07 bits per heavy atom. The number of hydrogen-bond donors (Lipinski definition) is 1. The minimum Gasteiger partial charge on any atom is -0.493 e. The lowest BCUT2D eigenvalue weighted by Gasteiger charge is -2.19. The van der Waals surface area contributed by atoms with E-state index in [4.69, 9.17) is 10.5 Å². The molecule has 0 saturated heterocycles. The molecule has 1 aromatic carbocycles. The van der Waals surface area contributed by atoms with Gasteiger partial charge in [0.25, 0.3) is 0 Å². The second-order valence-corrected chi connectivity index (χ2v) is 4.26. The molecule has 2 N–H and O–H groups in total. The van der Waals surface area contributed by atoms with Crippen molar-refractivity contribution in [2.45, 2.75) is 31.7 Å². The van der Waals surface area contributed by atoms with Crippen LogP contribution >= 0.6 is 0 Å². The first-order chi connectivity index (χ1) is 6.84. The molecule has 74 valence electrons. The van der Waals surface area contributed by atoms with E-state index in [0.29, 0.717) is 0 Å². The molecular weight excluding hydrogens is 174 g/mol. The number of ether oxygens (including phenoxy) is 1. The zero-order valence-corrected chi connectivity index (χ0v) is 8.25. The van der Waals surface area contributed by atoms with E-state index in [1.807, 2.05) is 0 Å². The van der Waals surface area contributed by atoms with E-state index >= 15 is 0 Å². The van der Waals surface area contributed by atoms with Crippen molar-refractivity contribution in [2.75, 3.05) is 6.61 Å². The van der Waals surface area contributed by atoms with E-state index in [9.17, 15) is 0 Å². The van der Waals surface area contributed by atoms with Gasteiger partial charge in [-0.3, -0.25) is 0 Å². The summed E-state index contributed by atoms with van der Waals surface area (Å²) >= 11 is 0. The Labute approximate surface area is 84.1 Å². The monoisotopic (exact) mass is 189 g/mol. The maximum Gasteiger partial charge on any atom is 0.122 e. The van der Waals surface area contributed by atoms with Crippen molar-refractivity contribution in [1.82, 2.24) is 0 Å². The molecule has 3 rings (SSSR count). The number of aryl methyl sites for hydroxylation is 2. The van der Waals surface area contributed by atoms with E-state index in [0.717, 1.165) is 38.0 Å². The zero-order chi connectivity index (χ0) is 9.54. The molecule has 0 saturated carbocycles. The van der Waals surface area contributed by atoms with E-state index in [2.05, 4.69) is 12.1 Å². The lowest BCUT2D eigenvalue weighted by molar-refractivity contribution is 0.288. The Morgan fingerprint density at radius 1 is 1.21 bits per heavy atom. The summed E-state index contributed by atoms with van der Waals surface area (Å²) in [4.78, 5) is 0. The Kier molecular flexibility index (Phi) is 1.77. The molecule has 0 radical (unpaired) electrons. The lowest BCUT2D eigenvalue weighted by atomic mass is 9.99. The number of nitrogens with two attached hydrogens (primary N) is 1. The van der Waals surface area contributed by atoms with Gasteiger partial charge in [0.1, 0.15) is 5.75 Å². The fraction of sp³-hybridized carbons (Fsp3) is 0.500. The van der Waals surface area contributed by atoms with Crippen LogP contribution in [0, 0.1) is 0 Å². The van der Waals surface area contributed by atoms with Crippen LogP contribution in [0.4, 0.5) is 0 Å². The summed E-state index contributed by atoms with van der Waals surface area (Å²) in [5.41, 5.74) is 10.2. The van der Waals surface area contributed by atoms with Gasteiger partial charge in [-0.2, -0.15) is 0 Å². The minimum atomic E-state index is 0.237. The molecule has 1 unspecified atom stereocenters. The molecule has 1 aliphatic heterocycles. The van der Waals surface area contributed by atoms with Crippen molar-refractivity contribution in [3.8, 4) is 5.75 Å². The molecular formula is C12H15NO. The van der Waals surface area contributed by atoms with Crippen LogP contribution in [-0.2, 0) is 12.8 Å². The second-order valence-electron chi connectivity index (χ2n) is 4.26. The summed E-state index contributed by atoms with van der Waals surface area (Å²) in [5.74, 6) is 1.08. The van der Waals surface area contributed by atoms with Crippen LogP contribution < -0.4 is 10.5 Å². The molecule has 0 bridgehead atoms. The van der Waals surface area contributed by atoms with E-state index in [1.54, 1.807) is 0 Å². The van der Waals surface area contributed by atoms with Gasteiger partial charge in [0.05, 0.1) is 6.61 Å². The van der Waals surface area contributed by atoms with Gasteiger partial charge >= 0.3 is 0 Å². The molecule has 1 atom stereocenters. The summed E-state index contributed by atoms with van der Waals surface area (Å²) in [6, 6.07) is 4.71. The minimum absolute atomic E-state index is 0.237. The first kappa shape index (κ1) is 8.30. The molecule has 0 amide bonds. The van der Waals surface area contributed by atoms with Gasteiger partial charge in [-0.1, -0.05) is 6.07 Å². The van der Waals surface area contributed by atoms with Gasteiger partial charge in [0.15, 0.2) is 0 Å². The summed E-state index contributed by atoms with van der Waals surface area (Å²) in [6.07, 6.45) is 4.55. The van der Waals surface area contributed by atoms with Crippen LogP contribution in [0.2, 0.25) is 0 Å². The Balaban J connectivity index is 2.11. The van der Waals surface area contributed by atoms with E-state index < -0.39 is 0 Å². The molecule has 14 heavy (non-hydrogen) atoms. The third-order valence-electron chi connectivity index (χ3n) is 3.29. The van der Waals surface area contributed by atoms with E-state index in [-0.39, 0.29) is 6.04 Å². The topological polar surface area (TPSA) is 35.2 Å². The predicted molar refractivity (Wildman–Crippen MR) is 55.5 cm³/mol. The van der Waals surface area contributed by atoms with Gasteiger partial charge in [-0.05, 0) is 48.4 Å². The van der Waals surface area contributed by atoms with Crippen molar-refractivity contribution in [3.05, 3.63) is 28.8 Å². The molecule has 0 aromatic heterocycles. The summed E-state index contributed by atoms with van der Waals surface area (Å²) < 4.78 is 5.64. The van der Waals surface area contributed by atoms with Crippen LogP contribution in [-0.4, -0.2) is 6.61 Å². The summed E-state index contributed by atoms with van der Waals surface area (Å²) in [5, 5.41) is 0. The predicted octanol–water partition coefficient (Wildman–Crippen LogP) is 1.96. The van der Waals surface area contributed by atoms with Crippen LogP contribution in [0.15, 0.2) is 12.1 Å². The highest BCUT2D eigenvalue weighted by Gasteiger charge is 2.22. The van der Waals surface area contributed by atoms with Crippen LogP contribution in [0.5, 0.6) is 5.75 Å². The van der Waals surface area contributed by atoms with Crippen LogP contribution in [0.25, 0.3) is 0 Å². The van der Waals surface area contributed by atoms with Gasteiger partial charge in [-0.25, -0.2) is 0 Å². The van der Waals surface area contributed by atoms with Crippen molar-refractivity contribution < 1.29 is 4.74 Å². The molecule has 0 spiro atoms. The maximum absolute atomic E-state index is 6.02. The van der Waals surface area contributed by atoms with Crippen LogP contribution in [0.1, 0.15) is 35.6 Å². The first-order valence-electron chi connectivity index (χ1n) is 5.38. The maximum atomic E-state index is 6.02. The van der Waals surface area contributed by atoms with Crippen LogP contribution in [0.3, 0.4) is 0 Å². The smallest absolute Gasteiger partial charge is 0.122 e. The highest BCUT2D eigenvalue weighted by molar-refractivity contribution is 5.47. The third-order valence-corrected chi connectivity index (χ3v) is 3.29. The highest BCUT2D eigenvalue weighted by atomic mass is 16.5. The van der Waals surface area contributed by atoms with Gasteiger partial charge in [0.2, 0.25) is 0 Å². The normalized spacial score (nSPS) is 23.9. The average Bonchev–Trinajstić information content (AvgIpc) is 2.57. The van der Waals surface area contributed by atoms with Crippen molar-refractivity contribution in [3.63, 3.8) is 0 Å². The lowest BCUT2D eigenvalue weighted by Crippen LogP contribution is -2.11. The second kappa shape index (κ2) is 2.99. The van der Waals surface area contributed by atoms with Crippen molar-refractivity contribution >= 4 is 0 Å². The standard InChI is InChI=1S/C12H15NO/c13-11-4-3-8-6-9-2-1-5-14-12(9)7-10(8)11/h6-7,11H,1-5,13H2. The number of rotatable bonds is 0. The Bertz CT molecular complexity index is 372. The number of fused-ring (bicyclic) bond motifs is 2. The summed E-state index contributed by atoms with van der Waals surface area (Å²) in [6.45, 7) is 0.862.